The first kappa shape index (κ1) is 16.4. The molecule has 0 aliphatic heterocycles. The Balaban J connectivity index is 1.70. The minimum Gasteiger partial charge on any atom is -0.354 e. The van der Waals surface area contributed by atoms with Crippen LogP contribution in [0.4, 0.5) is 14.6 Å². The fourth-order valence-electron chi connectivity index (χ4n) is 2.84. The van der Waals surface area contributed by atoms with Crippen molar-refractivity contribution in [1.82, 2.24) is 25.3 Å². The van der Waals surface area contributed by atoms with Crippen LogP contribution in [0.3, 0.4) is 0 Å². The van der Waals surface area contributed by atoms with E-state index >= 15 is 0 Å². The number of hydrogen-bond donors (Lipinski definition) is 3. The number of carbonyl (C=O) groups excluding carboxylic acids is 1. The summed E-state index contributed by atoms with van der Waals surface area (Å²) in [5, 5.41) is 6.14. The highest BCUT2D eigenvalue weighted by atomic mass is 19.1. The quantitative estimate of drug-likeness (QED) is 0.651. The van der Waals surface area contributed by atoms with Gasteiger partial charge in [0.1, 0.15) is 17.0 Å². The van der Waals surface area contributed by atoms with Gasteiger partial charge < -0.3 is 15.6 Å². The van der Waals surface area contributed by atoms with Gasteiger partial charge in [0.05, 0.1) is 12.4 Å². The summed E-state index contributed by atoms with van der Waals surface area (Å²) in [5.41, 5.74) is 0.138. The number of nitrogens with one attached hydrogen (secondary N) is 3. The largest absolute Gasteiger partial charge is 0.354 e. The third kappa shape index (κ3) is 2.75. The molecule has 1 fully saturated rings. The van der Waals surface area contributed by atoms with Crippen molar-refractivity contribution in [1.29, 1.82) is 0 Å². The lowest BCUT2D eigenvalue weighted by molar-refractivity contribution is -0.122. The van der Waals surface area contributed by atoms with Gasteiger partial charge in [-0.1, -0.05) is 0 Å². The molecule has 1 saturated carbocycles. The zero-order valence-electron chi connectivity index (χ0n) is 13.9. The number of nitrogens with zero attached hydrogens (tertiary/aromatic N) is 3. The van der Waals surface area contributed by atoms with Gasteiger partial charge in [0.25, 0.3) is 0 Å². The van der Waals surface area contributed by atoms with E-state index < -0.39 is 17.2 Å². The second kappa shape index (κ2) is 6.01. The zero-order valence-corrected chi connectivity index (χ0v) is 13.9. The number of halogens is 2. The Bertz CT molecular complexity index is 998. The van der Waals surface area contributed by atoms with E-state index in [-0.39, 0.29) is 17.5 Å². The summed E-state index contributed by atoms with van der Waals surface area (Å²) in [6, 6.07) is 1.31. The van der Waals surface area contributed by atoms with E-state index in [9.17, 15) is 13.6 Å². The van der Waals surface area contributed by atoms with Crippen molar-refractivity contribution in [3.63, 3.8) is 0 Å². The predicted octanol–water partition coefficient (Wildman–Crippen LogP) is 2.38. The summed E-state index contributed by atoms with van der Waals surface area (Å²) < 4.78 is 27.7. The molecule has 9 heteroatoms. The molecular formula is C17H16F2N6O. The van der Waals surface area contributed by atoms with Crippen molar-refractivity contribution in [3.05, 3.63) is 36.3 Å². The van der Waals surface area contributed by atoms with Crippen LogP contribution < -0.4 is 10.6 Å². The van der Waals surface area contributed by atoms with Crippen LogP contribution in [-0.4, -0.2) is 37.9 Å². The number of aromatic amines is 1. The van der Waals surface area contributed by atoms with Gasteiger partial charge >= 0.3 is 0 Å². The van der Waals surface area contributed by atoms with Gasteiger partial charge in [-0.15, -0.1) is 0 Å². The van der Waals surface area contributed by atoms with Crippen molar-refractivity contribution in [2.24, 2.45) is 0 Å². The second-order valence-electron chi connectivity index (χ2n) is 6.21. The molecule has 7 nitrogen and oxygen atoms in total. The first-order valence-electron chi connectivity index (χ1n) is 8.24. The van der Waals surface area contributed by atoms with E-state index in [1.807, 2.05) is 6.92 Å². The molecule has 3 aromatic heterocycles. The summed E-state index contributed by atoms with van der Waals surface area (Å²) >= 11 is 0. The van der Waals surface area contributed by atoms with Crippen LogP contribution in [0.1, 0.15) is 19.8 Å². The fraction of sp³-hybridized carbons (Fsp3) is 0.294. The highest BCUT2D eigenvalue weighted by Gasteiger charge is 2.50. The van der Waals surface area contributed by atoms with Gasteiger partial charge in [-0.2, -0.15) is 0 Å². The zero-order chi connectivity index (χ0) is 18.3. The lowest BCUT2D eigenvalue weighted by Crippen LogP contribution is -2.42. The van der Waals surface area contributed by atoms with E-state index in [4.69, 9.17) is 0 Å². The maximum Gasteiger partial charge on any atom is 0.245 e. The molecule has 0 unspecified atom stereocenters. The molecule has 3 heterocycles. The molecule has 0 saturated heterocycles. The number of fused-ring (bicyclic) bond motifs is 1. The van der Waals surface area contributed by atoms with Crippen molar-refractivity contribution in [3.8, 4) is 11.4 Å². The van der Waals surface area contributed by atoms with E-state index in [0.29, 0.717) is 36.0 Å². The number of aromatic nitrogens is 4. The average Bonchev–Trinajstić information content (AvgIpc) is 3.29. The Morgan fingerprint density at radius 3 is 2.85 bits per heavy atom. The molecule has 134 valence electrons. The normalized spacial score (nSPS) is 15.0. The Morgan fingerprint density at radius 2 is 2.12 bits per heavy atom. The van der Waals surface area contributed by atoms with Crippen LogP contribution in [0.15, 0.2) is 24.7 Å². The fourth-order valence-corrected chi connectivity index (χ4v) is 2.84. The summed E-state index contributed by atoms with van der Waals surface area (Å²) in [5.74, 6) is -1.19. The SMILES string of the molecule is CCNC(=O)C1(Nc2nc(-c3c[nH]c4ncc(F)cc34)ncc2F)CC1. The molecule has 0 atom stereocenters. The maximum absolute atomic E-state index is 14.2. The molecule has 3 aromatic rings. The van der Waals surface area contributed by atoms with Crippen molar-refractivity contribution < 1.29 is 13.6 Å². The van der Waals surface area contributed by atoms with Crippen LogP contribution in [0.2, 0.25) is 0 Å². The van der Waals surface area contributed by atoms with Gasteiger partial charge in [-0.25, -0.2) is 23.7 Å². The number of rotatable bonds is 5. The summed E-state index contributed by atoms with van der Waals surface area (Å²) in [6.07, 6.45) is 4.92. The Labute approximate surface area is 147 Å². The third-order valence-electron chi connectivity index (χ3n) is 4.36. The summed E-state index contributed by atoms with van der Waals surface area (Å²) in [7, 11) is 0. The molecule has 1 amide bonds. The molecule has 0 aromatic carbocycles. The molecule has 3 N–H and O–H groups in total. The first-order chi connectivity index (χ1) is 12.5. The standard InChI is InChI=1S/C17H16F2N6O/c1-2-20-16(26)17(3-4-17)25-15-12(19)8-23-14(24-15)11-7-22-13-10(11)5-9(18)6-21-13/h5-8H,2-4H2,1H3,(H,20,26)(H,21,22)(H,23,24,25). The number of pyridine rings is 1. The Morgan fingerprint density at radius 1 is 1.31 bits per heavy atom. The van der Waals surface area contributed by atoms with E-state index in [1.165, 1.54) is 6.07 Å². The topological polar surface area (TPSA) is 95.6 Å². The number of amides is 1. The van der Waals surface area contributed by atoms with Crippen LogP contribution >= 0.6 is 0 Å². The number of anilines is 1. The Hall–Kier alpha value is -3.10. The highest BCUT2D eigenvalue weighted by molar-refractivity contribution is 5.93. The highest BCUT2D eigenvalue weighted by Crippen LogP contribution is 2.39. The van der Waals surface area contributed by atoms with Gasteiger partial charge in [0.15, 0.2) is 17.5 Å². The number of likely N-dealkylation sites (N-methyl/N-ethyl adjacent to an activating group) is 1. The summed E-state index contributed by atoms with van der Waals surface area (Å²) in [6.45, 7) is 2.31. The maximum atomic E-state index is 14.2. The molecular weight excluding hydrogens is 342 g/mol. The smallest absolute Gasteiger partial charge is 0.245 e. The molecule has 4 rings (SSSR count). The third-order valence-corrected chi connectivity index (χ3v) is 4.36. The predicted molar refractivity (Wildman–Crippen MR) is 91.3 cm³/mol. The van der Waals surface area contributed by atoms with Crippen molar-refractivity contribution in [2.45, 2.75) is 25.3 Å². The van der Waals surface area contributed by atoms with Crippen LogP contribution in [0.25, 0.3) is 22.4 Å². The van der Waals surface area contributed by atoms with Crippen LogP contribution in [-0.2, 0) is 4.79 Å². The minimum absolute atomic E-state index is 0.0579. The first-order valence-corrected chi connectivity index (χ1v) is 8.24. The molecule has 0 spiro atoms. The lowest BCUT2D eigenvalue weighted by atomic mass is 10.2. The van der Waals surface area contributed by atoms with Crippen molar-refractivity contribution >= 4 is 22.8 Å². The summed E-state index contributed by atoms with van der Waals surface area (Å²) in [4.78, 5) is 27.2. The van der Waals surface area contributed by atoms with E-state index in [2.05, 4.69) is 30.6 Å². The molecule has 0 bridgehead atoms. The number of hydrogen-bond acceptors (Lipinski definition) is 5. The number of H-pyrrole nitrogens is 1. The second-order valence-corrected chi connectivity index (χ2v) is 6.21. The molecule has 0 radical (unpaired) electrons. The molecule has 1 aliphatic rings. The lowest BCUT2D eigenvalue weighted by Gasteiger charge is -2.17. The number of carbonyl (C=O) groups is 1. The average molecular weight is 358 g/mol. The van der Waals surface area contributed by atoms with Gasteiger partial charge in [-0.05, 0) is 25.8 Å². The monoisotopic (exact) mass is 358 g/mol. The minimum atomic E-state index is -0.837. The van der Waals surface area contributed by atoms with Crippen LogP contribution in [0.5, 0.6) is 0 Å². The van der Waals surface area contributed by atoms with Crippen molar-refractivity contribution in [2.75, 3.05) is 11.9 Å². The van der Waals surface area contributed by atoms with Gasteiger partial charge in [0, 0.05) is 23.7 Å². The van der Waals surface area contributed by atoms with Gasteiger partial charge in [0.2, 0.25) is 5.91 Å². The van der Waals surface area contributed by atoms with E-state index in [0.717, 1.165) is 12.4 Å². The van der Waals surface area contributed by atoms with E-state index in [1.54, 1.807) is 6.20 Å². The Kier molecular flexibility index (Phi) is 3.78. The molecule has 1 aliphatic carbocycles. The van der Waals surface area contributed by atoms with Gasteiger partial charge in [-0.3, -0.25) is 4.79 Å². The molecule has 26 heavy (non-hydrogen) atoms. The van der Waals surface area contributed by atoms with Crippen LogP contribution in [0, 0.1) is 11.6 Å².